The van der Waals surface area contributed by atoms with Gasteiger partial charge in [0.1, 0.15) is 5.69 Å². The highest BCUT2D eigenvalue weighted by Gasteiger charge is 2.13. The highest BCUT2D eigenvalue weighted by atomic mass is 16.5. The van der Waals surface area contributed by atoms with E-state index in [0.29, 0.717) is 30.4 Å². The standard InChI is InChI=1S/C10H13NO3/c12-7-8-10-9(3-4-11-8)13-5-1-2-6-14-10/h3-4,12H,1-2,5-7H2. The van der Waals surface area contributed by atoms with Crippen LogP contribution in [0, 0.1) is 0 Å². The van der Waals surface area contributed by atoms with Crippen molar-refractivity contribution < 1.29 is 14.6 Å². The van der Waals surface area contributed by atoms with Gasteiger partial charge in [-0.15, -0.1) is 0 Å². The number of rotatable bonds is 1. The lowest BCUT2D eigenvalue weighted by Crippen LogP contribution is -2.10. The summed E-state index contributed by atoms with van der Waals surface area (Å²) >= 11 is 0. The molecule has 0 saturated carbocycles. The van der Waals surface area contributed by atoms with Gasteiger partial charge in [-0.1, -0.05) is 0 Å². The normalized spacial score (nSPS) is 15.8. The fourth-order valence-electron chi connectivity index (χ4n) is 1.41. The summed E-state index contributed by atoms with van der Waals surface area (Å²) in [6.45, 7) is 1.24. The Labute approximate surface area is 82.5 Å². The number of pyridine rings is 1. The highest BCUT2D eigenvalue weighted by molar-refractivity contribution is 5.42. The summed E-state index contributed by atoms with van der Waals surface area (Å²) in [4.78, 5) is 4.03. The lowest BCUT2D eigenvalue weighted by molar-refractivity contribution is 0.210. The zero-order valence-electron chi connectivity index (χ0n) is 7.90. The second kappa shape index (κ2) is 4.28. The number of aromatic nitrogens is 1. The van der Waals surface area contributed by atoms with Crippen LogP contribution < -0.4 is 9.47 Å². The van der Waals surface area contributed by atoms with Crippen LogP contribution in [0.15, 0.2) is 12.3 Å². The number of aliphatic hydroxyl groups excluding tert-OH is 1. The lowest BCUT2D eigenvalue weighted by Gasteiger charge is -2.17. The minimum atomic E-state index is -0.119. The van der Waals surface area contributed by atoms with E-state index < -0.39 is 0 Å². The number of hydrogen-bond acceptors (Lipinski definition) is 4. The second-order valence-electron chi connectivity index (χ2n) is 3.15. The monoisotopic (exact) mass is 195 g/mol. The Bertz CT molecular complexity index is 314. The van der Waals surface area contributed by atoms with Gasteiger partial charge in [0, 0.05) is 12.3 Å². The molecular weight excluding hydrogens is 182 g/mol. The van der Waals surface area contributed by atoms with Gasteiger partial charge in [0.2, 0.25) is 0 Å². The third-order valence-corrected chi connectivity index (χ3v) is 2.13. The summed E-state index contributed by atoms with van der Waals surface area (Å²) in [5.74, 6) is 1.28. The highest BCUT2D eigenvalue weighted by Crippen LogP contribution is 2.31. The maximum absolute atomic E-state index is 9.06. The maximum atomic E-state index is 9.06. The van der Waals surface area contributed by atoms with Gasteiger partial charge in [-0.2, -0.15) is 0 Å². The number of ether oxygens (including phenoxy) is 2. The van der Waals surface area contributed by atoms with Crippen LogP contribution in [0.3, 0.4) is 0 Å². The van der Waals surface area contributed by atoms with E-state index in [2.05, 4.69) is 4.98 Å². The van der Waals surface area contributed by atoms with Crippen LogP contribution in [-0.4, -0.2) is 23.3 Å². The van der Waals surface area contributed by atoms with Gasteiger partial charge < -0.3 is 14.6 Å². The van der Waals surface area contributed by atoms with Crippen LogP contribution in [0.25, 0.3) is 0 Å². The van der Waals surface area contributed by atoms with Gasteiger partial charge in [-0.25, -0.2) is 0 Å². The molecular formula is C10H13NO3. The minimum Gasteiger partial charge on any atom is -0.490 e. The summed E-state index contributed by atoms with van der Waals surface area (Å²) in [7, 11) is 0. The molecule has 1 aliphatic heterocycles. The molecule has 1 N–H and O–H groups in total. The molecule has 0 amide bonds. The van der Waals surface area contributed by atoms with Crippen molar-refractivity contribution in [3.8, 4) is 11.5 Å². The Hall–Kier alpha value is -1.29. The van der Waals surface area contributed by atoms with Crippen molar-refractivity contribution in [3.63, 3.8) is 0 Å². The van der Waals surface area contributed by atoms with Crippen LogP contribution in [0.2, 0.25) is 0 Å². The van der Waals surface area contributed by atoms with Crippen LogP contribution in [0.4, 0.5) is 0 Å². The summed E-state index contributed by atoms with van der Waals surface area (Å²) in [5, 5.41) is 9.06. The van der Waals surface area contributed by atoms with Gasteiger partial charge in [0.15, 0.2) is 11.5 Å². The van der Waals surface area contributed by atoms with Crippen molar-refractivity contribution in [2.24, 2.45) is 0 Å². The van der Waals surface area contributed by atoms with E-state index in [1.807, 2.05) is 0 Å². The quantitative estimate of drug-likeness (QED) is 0.729. The third-order valence-electron chi connectivity index (χ3n) is 2.13. The van der Waals surface area contributed by atoms with Crippen LogP contribution >= 0.6 is 0 Å². The Kier molecular flexibility index (Phi) is 2.84. The predicted molar refractivity (Wildman–Crippen MR) is 50.4 cm³/mol. The first-order valence-electron chi connectivity index (χ1n) is 4.76. The second-order valence-corrected chi connectivity index (χ2v) is 3.15. The molecule has 0 aliphatic carbocycles. The largest absolute Gasteiger partial charge is 0.490 e. The lowest BCUT2D eigenvalue weighted by atomic mass is 10.2. The molecule has 1 aromatic heterocycles. The zero-order valence-corrected chi connectivity index (χ0v) is 7.90. The fourth-order valence-corrected chi connectivity index (χ4v) is 1.41. The predicted octanol–water partition coefficient (Wildman–Crippen LogP) is 1.13. The minimum absolute atomic E-state index is 0.119. The Balaban J connectivity index is 2.33. The van der Waals surface area contributed by atoms with Gasteiger partial charge in [-0.3, -0.25) is 4.98 Å². The number of fused-ring (bicyclic) bond motifs is 1. The molecule has 4 heteroatoms. The smallest absolute Gasteiger partial charge is 0.185 e. The molecule has 1 aromatic rings. The molecule has 0 saturated heterocycles. The summed E-state index contributed by atoms with van der Waals surface area (Å²) in [6.07, 6.45) is 3.59. The van der Waals surface area contributed by atoms with Crippen molar-refractivity contribution in [2.45, 2.75) is 19.4 Å². The summed E-state index contributed by atoms with van der Waals surface area (Å²) in [6, 6.07) is 1.76. The van der Waals surface area contributed by atoms with E-state index in [1.165, 1.54) is 0 Å². The SMILES string of the molecule is OCc1nccc2c1OCCCCO2. The Morgan fingerprint density at radius 1 is 1.29 bits per heavy atom. The molecule has 76 valence electrons. The topological polar surface area (TPSA) is 51.6 Å². The fraction of sp³-hybridized carbons (Fsp3) is 0.500. The van der Waals surface area contributed by atoms with Crippen molar-refractivity contribution in [1.29, 1.82) is 0 Å². The van der Waals surface area contributed by atoms with Gasteiger partial charge in [0.05, 0.1) is 19.8 Å². The van der Waals surface area contributed by atoms with Crippen molar-refractivity contribution in [1.82, 2.24) is 4.98 Å². The maximum Gasteiger partial charge on any atom is 0.185 e. The van der Waals surface area contributed by atoms with Crippen molar-refractivity contribution >= 4 is 0 Å². The number of hydrogen-bond donors (Lipinski definition) is 1. The molecule has 0 bridgehead atoms. The van der Waals surface area contributed by atoms with E-state index >= 15 is 0 Å². The first-order chi connectivity index (χ1) is 6.92. The van der Waals surface area contributed by atoms with Crippen LogP contribution in [-0.2, 0) is 6.61 Å². The molecule has 0 unspecified atom stereocenters. The average Bonchev–Trinajstić information content (AvgIpc) is 2.18. The molecule has 14 heavy (non-hydrogen) atoms. The molecule has 4 nitrogen and oxygen atoms in total. The molecule has 0 aromatic carbocycles. The molecule has 0 spiro atoms. The van der Waals surface area contributed by atoms with Crippen LogP contribution in [0.5, 0.6) is 11.5 Å². The summed E-state index contributed by atoms with van der Waals surface area (Å²) in [5.41, 5.74) is 0.546. The Morgan fingerprint density at radius 3 is 2.86 bits per heavy atom. The molecule has 2 rings (SSSR count). The third kappa shape index (κ3) is 1.80. The molecule has 1 aliphatic rings. The average molecular weight is 195 g/mol. The molecule has 2 heterocycles. The summed E-state index contributed by atoms with van der Waals surface area (Å²) < 4.78 is 11.0. The van der Waals surface area contributed by atoms with Crippen LogP contribution in [0.1, 0.15) is 18.5 Å². The zero-order chi connectivity index (χ0) is 9.80. The Morgan fingerprint density at radius 2 is 2.07 bits per heavy atom. The van der Waals surface area contributed by atoms with Crippen molar-refractivity contribution in [2.75, 3.05) is 13.2 Å². The van der Waals surface area contributed by atoms with Crippen molar-refractivity contribution in [3.05, 3.63) is 18.0 Å². The van der Waals surface area contributed by atoms with E-state index in [1.54, 1.807) is 12.3 Å². The van der Waals surface area contributed by atoms with E-state index in [-0.39, 0.29) is 6.61 Å². The van der Waals surface area contributed by atoms with E-state index in [4.69, 9.17) is 14.6 Å². The van der Waals surface area contributed by atoms with Gasteiger partial charge in [-0.05, 0) is 12.8 Å². The molecule has 0 fully saturated rings. The van der Waals surface area contributed by atoms with E-state index in [9.17, 15) is 0 Å². The van der Waals surface area contributed by atoms with E-state index in [0.717, 1.165) is 12.8 Å². The number of aliphatic hydroxyl groups is 1. The first-order valence-corrected chi connectivity index (χ1v) is 4.76. The first kappa shape index (κ1) is 9.27. The molecule has 0 atom stereocenters. The number of nitrogens with zero attached hydrogens (tertiary/aromatic N) is 1. The van der Waals surface area contributed by atoms with Gasteiger partial charge in [0.25, 0.3) is 0 Å². The van der Waals surface area contributed by atoms with Gasteiger partial charge >= 0.3 is 0 Å². The molecule has 0 radical (unpaired) electrons.